The van der Waals surface area contributed by atoms with Gasteiger partial charge in [-0.3, -0.25) is 4.79 Å². The Labute approximate surface area is 256 Å². The van der Waals surface area contributed by atoms with Crippen molar-refractivity contribution in [2.75, 3.05) is 33.4 Å². The molecule has 242 valence electrons. The van der Waals surface area contributed by atoms with Gasteiger partial charge in [0.15, 0.2) is 5.69 Å². The van der Waals surface area contributed by atoms with Gasteiger partial charge < -0.3 is 30.3 Å². The second kappa shape index (κ2) is 17.0. The number of carboxylic acids is 2. The molecule has 2 aliphatic rings. The van der Waals surface area contributed by atoms with Gasteiger partial charge in [-0.05, 0) is 68.4 Å². The van der Waals surface area contributed by atoms with Crippen LogP contribution in [0.25, 0.3) is 5.69 Å². The van der Waals surface area contributed by atoms with E-state index in [0.717, 1.165) is 38.6 Å². The number of aliphatic hydroxyl groups excluding tert-OH is 1. The number of hydrogen-bond donors (Lipinski definition) is 4. The molecule has 2 fully saturated rings. The maximum atomic E-state index is 14.7. The lowest BCUT2D eigenvalue weighted by molar-refractivity contribution is -0.134. The molecule has 0 radical (unpaired) electrons. The van der Waals surface area contributed by atoms with E-state index in [1.165, 1.54) is 10.7 Å². The number of halogens is 1. The Morgan fingerprint density at radius 2 is 1.80 bits per heavy atom. The van der Waals surface area contributed by atoms with Crippen LogP contribution in [0.4, 0.5) is 4.39 Å². The highest BCUT2D eigenvalue weighted by molar-refractivity contribution is 5.93. The molecule has 4 rings (SSSR count). The second-order valence-electron chi connectivity index (χ2n) is 11.7. The van der Waals surface area contributed by atoms with Crippen molar-refractivity contribution in [3.05, 3.63) is 53.6 Å². The number of hydrogen-bond acceptors (Lipinski definition) is 8. The number of benzene rings is 1. The topological polar surface area (TPSA) is 167 Å². The molecule has 1 amide bonds. The minimum Gasteiger partial charge on any atom is -0.478 e. The zero-order valence-corrected chi connectivity index (χ0v) is 25.6. The lowest BCUT2D eigenvalue weighted by atomic mass is 9.87. The average Bonchev–Trinajstić information content (AvgIpc) is 3.76. The van der Waals surface area contributed by atoms with Crippen LogP contribution in [0.1, 0.15) is 62.1 Å². The molecular formula is C31H44FN5O7. The number of nitrogens with one attached hydrogen (secondary N) is 1. The van der Waals surface area contributed by atoms with Crippen LogP contribution in [-0.4, -0.2) is 98.6 Å². The summed E-state index contributed by atoms with van der Waals surface area (Å²) in [5, 5.41) is 38.4. The molecule has 0 bridgehead atoms. The number of para-hydroxylation sites is 1. The molecule has 4 N–H and O–H groups in total. The molecule has 3 atom stereocenters. The molecule has 1 unspecified atom stereocenters. The molecule has 1 aliphatic heterocycles. The Balaban J connectivity index is 0.000000583. The van der Waals surface area contributed by atoms with E-state index >= 15 is 0 Å². The van der Waals surface area contributed by atoms with Gasteiger partial charge in [-0.2, -0.15) is 0 Å². The normalized spacial score (nSPS) is 19.0. The molecule has 13 heteroatoms. The maximum Gasteiger partial charge on any atom is 0.328 e. The highest BCUT2D eigenvalue weighted by atomic mass is 19.1. The molecular weight excluding hydrogens is 573 g/mol. The fourth-order valence-electron chi connectivity index (χ4n) is 5.39. The summed E-state index contributed by atoms with van der Waals surface area (Å²) in [7, 11) is 1.66. The van der Waals surface area contributed by atoms with E-state index in [4.69, 9.17) is 14.9 Å². The zero-order valence-electron chi connectivity index (χ0n) is 25.6. The van der Waals surface area contributed by atoms with E-state index in [-0.39, 0.29) is 41.3 Å². The van der Waals surface area contributed by atoms with Gasteiger partial charge in [0.2, 0.25) is 0 Å². The summed E-state index contributed by atoms with van der Waals surface area (Å²) in [4.78, 5) is 35.1. The van der Waals surface area contributed by atoms with Crippen LogP contribution in [-0.2, 0) is 20.7 Å². The first-order valence-electron chi connectivity index (χ1n) is 15.1. The van der Waals surface area contributed by atoms with Gasteiger partial charge in [-0.1, -0.05) is 31.2 Å². The SMILES string of the molecule is COCCCCc1c(C(=O)N(CC(C)C)[C@@H]2CNC[C@H](C(O)C3CC3)C2)nnn1-c1ccccc1F.O=C(O)/C=C/C(=O)O. The number of amides is 1. The summed E-state index contributed by atoms with van der Waals surface area (Å²) in [5.41, 5.74) is 1.18. The van der Waals surface area contributed by atoms with Crippen LogP contribution in [0.5, 0.6) is 0 Å². The van der Waals surface area contributed by atoms with Gasteiger partial charge in [0.05, 0.1) is 11.8 Å². The van der Waals surface area contributed by atoms with Crippen molar-refractivity contribution in [2.45, 2.75) is 64.5 Å². The number of carbonyl (C=O) groups is 3. The number of aromatic nitrogens is 3. The maximum absolute atomic E-state index is 14.7. The van der Waals surface area contributed by atoms with Gasteiger partial charge in [0.25, 0.3) is 5.91 Å². The quantitative estimate of drug-likeness (QED) is 0.183. The number of rotatable bonds is 14. The van der Waals surface area contributed by atoms with Crippen molar-refractivity contribution in [1.29, 1.82) is 0 Å². The lowest BCUT2D eigenvalue weighted by Gasteiger charge is -2.40. The first-order chi connectivity index (χ1) is 21.0. The Morgan fingerprint density at radius 1 is 1.11 bits per heavy atom. The minimum atomic E-state index is -1.26. The number of carbonyl (C=O) groups excluding carboxylic acids is 1. The van der Waals surface area contributed by atoms with Crippen LogP contribution in [0.2, 0.25) is 0 Å². The second-order valence-corrected chi connectivity index (χ2v) is 11.7. The highest BCUT2D eigenvalue weighted by Gasteiger charge is 2.40. The van der Waals surface area contributed by atoms with E-state index in [0.29, 0.717) is 49.9 Å². The van der Waals surface area contributed by atoms with Crippen LogP contribution in [0.3, 0.4) is 0 Å². The van der Waals surface area contributed by atoms with Crippen molar-refractivity contribution in [1.82, 2.24) is 25.2 Å². The minimum absolute atomic E-state index is 0.0491. The molecule has 12 nitrogen and oxygen atoms in total. The van der Waals surface area contributed by atoms with E-state index < -0.39 is 17.8 Å². The molecule has 1 aromatic heterocycles. The van der Waals surface area contributed by atoms with Crippen molar-refractivity contribution < 1.29 is 38.8 Å². The Hall–Kier alpha value is -3.68. The van der Waals surface area contributed by atoms with Gasteiger partial charge in [0, 0.05) is 51.5 Å². The summed E-state index contributed by atoms with van der Waals surface area (Å²) < 4.78 is 21.3. The van der Waals surface area contributed by atoms with E-state index in [1.54, 1.807) is 25.3 Å². The predicted molar refractivity (Wildman–Crippen MR) is 160 cm³/mol. The summed E-state index contributed by atoms with van der Waals surface area (Å²) in [6, 6.07) is 6.37. The lowest BCUT2D eigenvalue weighted by Crippen LogP contribution is -2.54. The third-order valence-corrected chi connectivity index (χ3v) is 7.64. The van der Waals surface area contributed by atoms with E-state index in [1.807, 2.05) is 4.90 Å². The van der Waals surface area contributed by atoms with E-state index in [9.17, 15) is 23.9 Å². The summed E-state index contributed by atoms with van der Waals surface area (Å²) in [6.45, 7) is 6.82. The number of methoxy groups -OCH3 is 1. The molecule has 1 saturated heterocycles. The fourth-order valence-corrected chi connectivity index (χ4v) is 5.39. The Kier molecular flexibility index (Phi) is 13.4. The largest absolute Gasteiger partial charge is 0.478 e. The van der Waals surface area contributed by atoms with Crippen LogP contribution >= 0.6 is 0 Å². The number of piperidine rings is 1. The van der Waals surface area contributed by atoms with Crippen molar-refractivity contribution in [2.24, 2.45) is 17.8 Å². The van der Waals surface area contributed by atoms with E-state index in [2.05, 4.69) is 29.5 Å². The van der Waals surface area contributed by atoms with Crippen molar-refractivity contribution in [3.8, 4) is 5.69 Å². The number of aliphatic carboxylic acids is 2. The monoisotopic (exact) mass is 617 g/mol. The van der Waals surface area contributed by atoms with Gasteiger partial charge in [-0.15, -0.1) is 5.10 Å². The number of ether oxygens (including phenoxy) is 1. The smallest absolute Gasteiger partial charge is 0.328 e. The standard InChI is InChI=1S/C27H40FN5O3.C4H4O4/c1-18(2)17-32(21-14-20(15-29-16-21)26(34)19-11-12-19)27(35)25-24(10-6-7-13-36-3)33(31-30-25)23-9-5-4-8-22(23)28;5-3(6)1-2-4(7)8/h4-5,8-9,18-21,26,29,34H,6-7,10-17H2,1-3H3;1-2H,(H,5,6)(H,7,8)/b;2-1+/t20-,21+,26?;/m1./s1. The highest BCUT2D eigenvalue weighted by Crippen LogP contribution is 2.38. The number of nitrogens with zero attached hydrogens (tertiary/aromatic N) is 4. The number of carboxylic acid groups (broad SMARTS) is 2. The molecule has 2 heterocycles. The molecule has 1 aromatic carbocycles. The Bertz CT molecular complexity index is 1260. The zero-order chi connectivity index (χ0) is 32.2. The van der Waals surface area contributed by atoms with Gasteiger partial charge in [-0.25, -0.2) is 18.7 Å². The number of unbranched alkanes of at least 4 members (excludes halogenated alkanes) is 1. The first-order valence-corrected chi connectivity index (χ1v) is 15.1. The summed E-state index contributed by atoms with van der Waals surface area (Å²) >= 11 is 0. The Morgan fingerprint density at radius 3 is 2.39 bits per heavy atom. The average molecular weight is 618 g/mol. The van der Waals surface area contributed by atoms with Gasteiger partial charge >= 0.3 is 11.9 Å². The first kappa shape index (κ1) is 34.8. The predicted octanol–water partition coefficient (Wildman–Crippen LogP) is 2.93. The molecule has 1 saturated carbocycles. The molecule has 2 aromatic rings. The third kappa shape index (κ3) is 10.2. The van der Waals surface area contributed by atoms with Crippen LogP contribution in [0.15, 0.2) is 36.4 Å². The summed E-state index contributed by atoms with van der Waals surface area (Å²) in [5.74, 6) is -2.33. The fraction of sp³-hybridized carbons (Fsp3) is 0.581. The summed E-state index contributed by atoms with van der Waals surface area (Å²) in [6.07, 6.45) is 5.84. The third-order valence-electron chi connectivity index (χ3n) is 7.64. The number of aliphatic hydroxyl groups is 1. The van der Waals surface area contributed by atoms with Crippen molar-refractivity contribution >= 4 is 17.8 Å². The van der Waals surface area contributed by atoms with Crippen molar-refractivity contribution in [3.63, 3.8) is 0 Å². The molecule has 44 heavy (non-hydrogen) atoms. The van der Waals surface area contributed by atoms with Gasteiger partial charge in [0.1, 0.15) is 11.5 Å². The van der Waals surface area contributed by atoms with Crippen LogP contribution < -0.4 is 5.32 Å². The molecule has 1 aliphatic carbocycles. The van der Waals surface area contributed by atoms with Crippen LogP contribution in [0, 0.1) is 23.6 Å². The molecule has 0 spiro atoms.